The molecule has 0 unspecified atom stereocenters. The zero-order valence-electron chi connectivity index (χ0n) is 14.3. The molecule has 1 aliphatic heterocycles. The Labute approximate surface area is 139 Å². The fourth-order valence-corrected chi connectivity index (χ4v) is 3.82. The molecule has 1 aromatic rings. The van der Waals surface area contributed by atoms with Crippen LogP contribution < -0.4 is 5.32 Å². The summed E-state index contributed by atoms with van der Waals surface area (Å²) in [5, 5.41) is 3.02. The van der Waals surface area contributed by atoms with E-state index in [2.05, 4.69) is 31.3 Å². The van der Waals surface area contributed by atoms with Crippen LogP contribution in [0.3, 0.4) is 0 Å². The van der Waals surface area contributed by atoms with E-state index >= 15 is 0 Å². The molecule has 0 saturated carbocycles. The molecule has 1 N–H and O–H groups in total. The van der Waals surface area contributed by atoms with Crippen molar-refractivity contribution in [3.63, 3.8) is 0 Å². The van der Waals surface area contributed by atoms with Crippen LogP contribution in [0, 0.1) is 19.8 Å². The molecule has 5 nitrogen and oxygen atoms in total. The highest BCUT2D eigenvalue weighted by Crippen LogP contribution is 2.21. The number of carbonyl (C=O) groups is 1. The van der Waals surface area contributed by atoms with E-state index < -0.39 is 10.0 Å². The molecule has 2 rings (SSSR count). The van der Waals surface area contributed by atoms with E-state index in [0.717, 1.165) is 18.4 Å². The Kier molecular flexibility index (Phi) is 5.47. The van der Waals surface area contributed by atoms with Gasteiger partial charge in [0.2, 0.25) is 15.9 Å². The van der Waals surface area contributed by atoms with Gasteiger partial charge in [0.15, 0.2) is 0 Å². The second-order valence-corrected chi connectivity index (χ2v) is 8.52. The zero-order chi connectivity index (χ0) is 17.2. The SMILES string of the molecule is Cc1ccc([C@@H](C)NC(=O)[C@@H]2CCCN(S(C)(=O)=O)C2)cc1C. The zero-order valence-corrected chi connectivity index (χ0v) is 15.1. The molecule has 0 aliphatic carbocycles. The summed E-state index contributed by atoms with van der Waals surface area (Å²) in [6.07, 6.45) is 2.66. The maximum Gasteiger partial charge on any atom is 0.224 e. The third-order valence-electron chi connectivity index (χ3n) is 4.61. The van der Waals surface area contributed by atoms with Gasteiger partial charge in [-0.05, 0) is 50.3 Å². The number of benzene rings is 1. The molecule has 0 bridgehead atoms. The van der Waals surface area contributed by atoms with E-state index in [1.54, 1.807) is 0 Å². The number of hydrogen-bond acceptors (Lipinski definition) is 3. The highest BCUT2D eigenvalue weighted by molar-refractivity contribution is 7.88. The van der Waals surface area contributed by atoms with E-state index in [-0.39, 0.29) is 24.4 Å². The molecule has 0 aromatic heterocycles. The molecule has 6 heteroatoms. The smallest absolute Gasteiger partial charge is 0.224 e. The van der Waals surface area contributed by atoms with Gasteiger partial charge in [0.25, 0.3) is 0 Å². The minimum absolute atomic E-state index is 0.0657. The van der Waals surface area contributed by atoms with Crippen molar-refractivity contribution in [2.75, 3.05) is 19.3 Å². The van der Waals surface area contributed by atoms with Crippen LogP contribution >= 0.6 is 0 Å². The molecule has 1 aliphatic rings. The van der Waals surface area contributed by atoms with Crippen LogP contribution in [-0.2, 0) is 14.8 Å². The predicted octanol–water partition coefficient (Wildman–Crippen LogP) is 2.15. The molecule has 1 saturated heterocycles. The number of carbonyl (C=O) groups excluding carboxylic acids is 1. The summed E-state index contributed by atoms with van der Waals surface area (Å²) in [7, 11) is -3.23. The fourth-order valence-electron chi connectivity index (χ4n) is 2.91. The van der Waals surface area contributed by atoms with Gasteiger partial charge in [0, 0.05) is 13.1 Å². The van der Waals surface area contributed by atoms with Crippen molar-refractivity contribution in [2.24, 2.45) is 5.92 Å². The number of sulfonamides is 1. The Morgan fingerprint density at radius 3 is 2.61 bits per heavy atom. The van der Waals surface area contributed by atoms with E-state index in [1.165, 1.54) is 21.7 Å². The van der Waals surface area contributed by atoms with Crippen molar-refractivity contribution < 1.29 is 13.2 Å². The number of rotatable bonds is 4. The summed E-state index contributed by atoms with van der Waals surface area (Å²) in [5.41, 5.74) is 3.49. The molecule has 2 atom stereocenters. The molecule has 128 valence electrons. The molecule has 0 spiro atoms. The second kappa shape index (κ2) is 7.01. The monoisotopic (exact) mass is 338 g/mol. The van der Waals surface area contributed by atoms with Crippen LogP contribution in [0.2, 0.25) is 0 Å². The first-order chi connectivity index (χ1) is 10.7. The van der Waals surface area contributed by atoms with E-state index in [0.29, 0.717) is 6.54 Å². The quantitative estimate of drug-likeness (QED) is 0.915. The Morgan fingerprint density at radius 2 is 2.00 bits per heavy atom. The third-order valence-corrected chi connectivity index (χ3v) is 5.88. The average molecular weight is 338 g/mol. The van der Waals surface area contributed by atoms with Gasteiger partial charge in [0.05, 0.1) is 18.2 Å². The molecule has 1 aromatic carbocycles. The number of nitrogens with one attached hydrogen (secondary N) is 1. The van der Waals surface area contributed by atoms with Crippen LogP contribution in [0.5, 0.6) is 0 Å². The van der Waals surface area contributed by atoms with Gasteiger partial charge in [-0.2, -0.15) is 0 Å². The number of piperidine rings is 1. The lowest BCUT2D eigenvalue weighted by Gasteiger charge is -2.31. The van der Waals surface area contributed by atoms with Crippen molar-refractivity contribution in [1.82, 2.24) is 9.62 Å². The van der Waals surface area contributed by atoms with E-state index in [9.17, 15) is 13.2 Å². The normalized spacial score (nSPS) is 21.0. The van der Waals surface area contributed by atoms with Crippen LogP contribution in [0.25, 0.3) is 0 Å². The number of nitrogens with zero attached hydrogens (tertiary/aromatic N) is 1. The first-order valence-electron chi connectivity index (χ1n) is 8.01. The largest absolute Gasteiger partial charge is 0.349 e. The highest BCUT2D eigenvalue weighted by Gasteiger charge is 2.30. The van der Waals surface area contributed by atoms with Gasteiger partial charge in [-0.15, -0.1) is 0 Å². The minimum atomic E-state index is -3.23. The Morgan fingerprint density at radius 1 is 1.30 bits per heavy atom. The molecular formula is C17H26N2O3S. The highest BCUT2D eigenvalue weighted by atomic mass is 32.2. The van der Waals surface area contributed by atoms with Crippen LogP contribution in [0.15, 0.2) is 18.2 Å². The number of amides is 1. The molecule has 1 fully saturated rings. The summed E-state index contributed by atoms with van der Waals surface area (Å²) >= 11 is 0. The maximum absolute atomic E-state index is 12.5. The van der Waals surface area contributed by atoms with Gasteiger partial charge >= 0.3 is 0 Å². The average Bonchev–Trinajstić information content (AvgIpc) is 2.49. The van der Waals surface area contributed by atoms with Gasteiger partial charge in [-0.3, -0.25) is 4.79 Å². The minimum Gasteiger partial charge on any atom is -0.349 e. The molecule has 1 heterocycles. The van der Waals surface area contributed by atoms with Gasteiger partial charge in [-0.1, -0.05) is 18.2 Å². The lowest BCUT2D eigenvalue weighted by Crippen LogP contribution is -2.45. The predicted molar refractivity (Wildman–Crippen MR) is 91.6 cm³/mol. The summed E-state index contributed by atoms with van der Waals surface area (Å²) in [6.45, 7) is 6.86. The Bertz CT molecular complexity index is 685. The molecule has 23 heavy (non-hydrogen) atoms. The number of hydrogen-bond donors (Lipinski definition) is 1. The van der Waals surface area contributed by atoms with Crippen molar-refractivity contribution >= 4 is 15.9 Å². The van der Waals surface area contributed by atoms with Crippen molar-refractivity contribution in [2.45, 2.75) is 39.7 Å². The summed E-state index contributed by atoms with van der Waals surface area (Å²) in [6, 6.07) is 6.08. The first kappa shape index (κ1) is 17.9. The summed E-state index contributed by atoms with van der Waals surface area (Å²) in [5.74, 6) is -0.337. The van der Waals surface area contributed by atoms with E-state index in [1.807, 2.05) is 13.0 Å². The van der Waals surface area contributed by atoms with Crippen molar-refractivity contribution in [1.29, 1.82) is 0 Å². The van der Waals surface area contributed by atoms with Crippen LogP contribution in [0.1, 0.15) is 42.5 Å². The Balaban J connectivity index is 2.01. The van der Waals surface area contributed by atoms with Gasteiger partial charge in [0.1, 0.15) is 0 Å². The molecular weight excluding hydrogens is 312 g/mol. The Hall–Kier alpha value is -1.40. The van der Waals surface area contributed by atoms with Crippen molar-refractivity contribution in [3.8, 4) is 0 Å². The van der Waals surface area contributed by atoms with Gasteiger partial charge in [-0.25, -0.2) is 12.7 Å². The standard InChI is InChI=1S/C17H26N2O3S/c1-12-7-8-15(10-13(12)2)14(3)18-17(20)16-6-5-9-19(11-16)23(4,21)22/h7-8,10,14,16H,5-6,9,11H2,1-4H3,(H,18,20)/t14-,16-/m1/s1. The van der Waals surface area contributed by atoms with Gasteiger partial charge < -0.3 is 5.32 Å². The van der Waals surface area contributed by atoms with Crippen molar-refractivity contribution in [3.05, 3.63) is 34.9 Å². The van der Waals surface area contributed by atoms with E-state index in [4.69, 9.17) is 0 Å². The van der Waals surface area contributed by atoms with Crippen LogP contribution in [-0.4, -0.2) is 38.0 Å². The lowest BCUT2D eigenvalue weighted by molar-refractivity contribution is -0.126. The van der Waals surface area contributed by atoms with Crippen LogP contribution in [0.4, 0.5) is 0 Å². The fraction of sp³-hybridized carbons (Fsp3) is 0.588. The summed E-state index contributed by atoms with van der Waals surface area (Å²) < 4.78 is 24.7. The molecule has 0 radical (unpaired) electrons. The number of aryl methyl sites for hydroxylation is 2. The lowest BCUT2D eigenvalue weighted by atomic mass is 9.97. The maximum atomic E-state index is 12.5. The summed E-state index contributed by atoms with van der Waals surface area (Å²) in [4.78, 5) is 12.5. The third kappa shape index (κ3) is 4.54. The molecule has 1 amide bonds. The topological polar surface area (TPSA) is 66.5 Å². The first-order valence-corrected chi connectivity index (χ1v) is 9.86. The second-order valence-electron chi connectivity index (χ2n) is 6.53.